The smallest absolute Gasteiger partial charge is 0.255 e. The molecule has 7 nitrogen and oxygen atoms in total. The third kappa shape index (κ3) is 4.54. The molecule has 0 unspecified atom stereocenters. The fourth-order valence-corrected chi connectivity index (χ4v) is 5.36. The molecule has 1 saturated heterocycles. The van der Waals surface area contributed by atoms with Gasteiger partial charge in [-0.1, -0.05) is 6.07 Å². The van der Waals surface area contributed by atoms with E-state index in [9.17, 15) is 4.79 Å². The molecule has 2 atom stereocenters. The fraction of sp³-hybridized carbons (Fsp3) is 0.480. The molecular formula is C25H32N6O. The van der Waals surface area contributed by atoms with Crippen LogP contribution in [0.25, 0.3) is 0 Å². The van der Waals surface area contributed by atoms with Crippen LogP contribution >= 0.6 is 0 Å². The van der Waals surface area contributed by atoms with Gasteiger partial charge < -0.3 is 9.47 Å². The molecule has 3 aromatic heterocycles. The van der Waals surface area contributed by atoms with Gasteiger partial charge in [-0.25, -0.2) is 0 Å². The lowest BCUT2D eigenvalue weighted by molar-refractivity contribution is 0.113. The number of hydrogen-bond donors (Lipinski definition) is 1. The largest absolute Gasteiger partial charge is 0.312 e. The topological polar surface area (TPSA) is 70.1 Å². The van der Waals surface area contributed by atoms with Gasteiger partial charge in [0.15, 0.2) is 0 Å². The number of H-pyrrole nitrogens is 1. The summed E-state index contributed by atoms with van der Waals surface area (Å²) >= 11 is 0. The van der Waals surface area contributed by atoms with Crippen LogP contribution in [0.5, 0.6) is 0 Å². The van der Waals surface area contributed by atoms with Crippen LogP contribution in [0.1, 0.15) is 40.4 Å². The number of nitrogens with zero attached hydrogens (tertiary/aromatic N) is 5. The summed E-state index contributed by atoms with van der Waals surface area (Å²) in [6.45, 7) is 7.44. The molecule has 5 rings (SSSR count). The van der Waals surface area contributed by atoms with Crippen molar-refractivity contribution in [3.63, 3.8) is 0 Å². The molecule has 0 radical (unpaired) electrons. The second kappa shape index (κ2) is 9.00. The summed E-state index contributed by atoms with van der Waals surface area (Å²) in [4.78, 5) is 22.6. The molecule has 168 valence electrons. The molecule has 5 heterocycles. The van der Waals surface area contributed by atoms with Crippen LogP contribution < -0.4 is 5.56 Å². The van der Waals surface area contributed by atoms with Crippen molar-refractivity contribution in [3.8, 4) is 0 Å². The molecule has 2 bridgehead atoms. The highest BCUT2D eigenvalue weighted by atomic mass is 16.1. The average Bonchev–Trinajstić information content (AvgIpc) is 3.28. The van der Waals surface area contributed by atoms with Crippen molar-refractivity contribution in [2.75, 3.05) is 26.7 Å². The zero-order valence-electron chi connectivity index (χ0n) is 19.0. The highest BCUT2D eigenvalue weighted by Gasteiger charge is 2.35. The summed E-state index contributed by atoms with van der Waals surface area (Å²) in [5, 5.41) is 6.86. The maximum absolute atomic E-state index is 13.3. The molecule has 1 N–H and O–H groups in total. The van der Waals surface area contributed by atoms with Crippen molar-refractivity contribution in [3.05, 3.63) is 81.3 Å². The van der Waals surface area contributed by atoms with Gasteiger partial charge in [0.1, 0.15) is 0 Å². The molecule has 3 aromatic rings. The standard InChI is InChI=1S/C25H32N6O/c1-18-5-7-26-23(9-18)17-30-13-20-10-22(16-30)24-4-3-21(25(32)31(24)14-20)15-29(2)8-6-19-11-27-28-12-19/h3-5,7,9,11-12,20,22H,6,8,10,13-17H2,1-2H3,(H,27,28)/t20-,22+/m0/s1. The Morgan fingerprint density at radius 3 is 2.94 bits per heavy atom. The number of aryl methyl sites for hydroxylation is 1. The van der Waals surface area contributed by atoms with Crippen LogP contribution in [0.3, 0.4) is 0 Å². The summed E-state index contributed by atoms with van der Waals surface area (Å²) in [5.74, 6) is 0.950. The quantitative estimate of drug-likeness (QED) is 0.621. The Balaban J connectivity index is 1.27. The maximum Gasteiger partial charge on any atom is 0.255 e. The first-order valence-electron chi connectivity index (χ1n) is 11.6. The van der Waals surface area contributed by atoms with Gasteiger partial charge in [-0.15, -0.1) is 0 Å². The third-order valence-electron chi connectivity index (χ3n) is 6.89. The molecule has 0 aromatic carbocycles. The number of nitrogens with one attached hydrogen (secondary N) is 1. The van der Waals surface area contributed by atoms with Crippen LogP contribution in [0.2, 0.25) is 0 Å². The first kappa shape index (κ1) is 21.1. The van der Waals surface area contributed by atoms with E-state index in [1.165, 1.54) is 23.2 Å². The number of hydrogen-bond acceptors (Lipinski definition) is 5. The Kier molecular flexibility index (Phi) is 5.93. The van der Waals surface area contributed by atoms with E-state index in [2.05, 4.69) is 61.7 Å². The predicted molar refractivity (Wildman–Crippen MR) is 124 cm³/mol. The van der Waals surface area contributed by atoms with Crippen molar-refractivity contribution in [2.24, 2.45) is 5.92 Å². The highest BCUT2D eigenvalue weighted by molar-refractivity contribution is 5.23. The van der Waals surface area contributed by atoms with Crippen molar-refractivity contribution in [1.82, 2.24) is 29.5 Å². The summed E-state index contributed by atoms with van der Waals surface area (Å²) in [7, 11) is 2.08. The highest BCUT2D eigenvalue weighted by Crippen LogP contribution is 2.35. The molecule has 0 spiro atoms. The van der Waals surface area contributed by atoms with Crippen LogP contribution in [0, 0.1) is 12.8 Å². The monoisotopic (exact) mass is 432 g/mol. The van der Waals surface area contributed by atoms with E-state index in [1.54, 1.807) is 0 Å². The summed E-state index contributed by atoms with van der Waals surface area (Å²) < 4.78 is 2.07. The first-order chi connectivity index (χ1) is 15.5. The van der Waals surface area contributed by atoms with E-state index in [0.717, 1.165) is 50.4 Å². The number of likely N-dealkylation sites (N-methyl/N-ethyl adjacent to an activating group) is 1. The van der Waals surface area contributed by atoms with Gasteiger partial charge >= 0.3 is 0 Å². The second-order valence-corrected chi connectivity index (χ2v) is 9.61. The second-order valence-electron chi connectivity index (χ2n) is 9.61. The lowest BCUT2D eigenvalue weighted by atomic mass is 9.83. The van der Waals surface area contributed by atoms with E-state index in [0.29, 0.717) is 18.4 Å². The number of likely N-dealkylation sites (tertiary alicyclic amines) is 1. The Morgan fingerprint density at radius 2 is 2.12 bits per heavy atom. The zero-order valence-corrected chi connectivity index (χ0v) is 19.0. The Hall–Kier alpha value is -2.77. The lowest BCUT2D eigenvalue weighted by Gasteiger charge is -2.43. The minimum absolute atomic E-state index is 0.196. The molecular weight excluding hydrogens is 400 g/mol. The summed E-state index contributed by atoms with van der Waals surface area (Å²) in [5.41, 5.74) is 5.88. The lowest BCUT2D eigenvalue weighted by Crippen LogP contribution is -2.47. The van der Waals surface area contributed by atoms with Crippen molar-refractivity contribution in [1.29, 1.82) is 0 Å². The molecule has 0 saturated carbocycles. The molecule has 2 aliphatic heterocycles. The van der Waals surface area contributed by atoms with E-state index in [1.807, 2.05) is 24.7 Å². The zero-order chi connectivity index (χ0) is 22.1. The van der Waals surface area contributed by atoms with Crippen LogP contribution in [-0.4, -0.2) is 56.2 Å². The number of aromatic amines is 1. The SMILES string of the molecule is Cc1ccnc(CN2C[C@@H]3C[C@H](C2)c2ccc(CN(C)CCc4cn[nH]c4)c(=O)n2C3)c1. The van der Waals surface area contributed by atoms with Gasteiger partial charge in [0.25, 0.3) is 5.56 Å². The van der Waals surface area contributed by atoms with Gasteiger partial charge in [-0.2, -0.15) is 5.10 Å². The van der Waals surface area contributed by atoms with Gasteiger partial charge in [-0.05, 0) is 62.1 Å². The number of rotatable bonds is 7. The Labute approximate surface area is 189 Å². The van der Waals surface area contributed by atoms with E-state index in [-0.39, 0.29) is 5.56 Å². The van der Waals surface area contributed by atoms with Gasteiger partial charge in [0.05, 0.1) is 11.9 Å². The normalized spacial score (nSPS) is 20.5. The minimum atomic E-state index is 0.196. The fourth-order valence-electron chi connectivity index (χ4n) is 5.36. The number of pyridine rings is 2. The van der Waals surface area contributed by atoms with E-state index < -0.39 is 0 Å². The summed E-state index contributed by atoms with van der Waals surface area (Å²) in [6, 6.07) is 8.49. The molecule has 32 heavy (non-hydrogen) atoms. The first-order valence-corrected chi connectivity index (χ1v) is 11.6. The van der Waals surface area contributed by atoms with Gasteiger partial charge in [-0.3, -0.25) is 19.8 Å². The van der Waals surface area contributed by atoms with Gasteiger partial charge in [0, 0.05) is 68.8 Å². The molecule has 0 amide bonds. The molecule has 7 heteroatoms. The predicted octanol–water partition coefficient (Wildman–Crippen LogP) is 2.57. The number of piperidine rings is 1. The maximum atomic E-state index is 13.3. The average molecular weight is 433 g/mol. The Morgan fingerprint density at radius 1 is 1.22 bits per heavy atom. The van der Waals surface area contributed by atoms with Crippen molar-refractivity contribution >= 4 is 0 Å². The van der Waals surface area contributed by atoms with Crippen LogP contribution in [0.4, 0.5) is 0 Å². The molecule has 0 aliphatic carbocycles. The van der Waals surface area contributed by atoms with Crippen molar-refractivity contribution in [2.45, 2.75) is 45.3 Å². The number of fused-ring (bicyclic) bond motifs is 4. The number of aromatic nitrogens is 4. The minimum Gasteiger partial charge on any atom is -0.312 e. The summed E-state index contributed by atoms with van der Waals surface area (Å²) in [6.07, 6.45) is 7.80. The molecule has 1 fully saturated rings. The Bertz CT molecular complexity index is 1120. The molecule has 2 aliphatic rings. The van der Waals surface area contributed by atoms with Crippen LogP contribution in [0.15, 0.2) is 47.7 Å². The van der Waals surface area contributed by atoms with Crippen molar-refractivity contribution < 1.29 is 0 Å². The van der Waals surface area contributed by atoms with Crippen LogP contribution in [-0.2, 0) is 26.1 Å². The van der Waals surface area contributed by atoms with E-state index >= 15 is 0 Å². The third-order valence-corrected chi connectivity index (χ3v) is 6.89. The van der Waals surface area contributed by atoms with Gasteiger partial charge in [0.2, 0.25) is 0 Å². The van der Waals surface area contributed by atoms with E-state index in [4.69, 9.17) is 0 Å².